The highest BCUT2D eigenvalue weighted by molar-refractivity contribution is 5.76. The number of benzene rings is 2. The summed E-state index contributed by atoms with van der Waals surface area (Å²) < 4.78 is 15.5. The molecule has 0 bridgehead atoms. The Bertz CT molecular complexity index is 715. The summed E-state index contributed by atoms with van der Waals surface area (Å²) in [5.41, 5.74) is 1.71. The van der Waals surface area contributed by atoms with Gasteiger partial charge in [0.1, 0.15) is 5.75 Å². The third-order valence-corrected chi connectivity index (χ3v) is 4.08. The molecule has 0 heterocycles. The van der Waals surface area contributed by atoms with E-state index in [1.807, 2.05) is 24.3 Å². The lowest BCUT2D eigenvalue weighted by atomic mass is 10.1. The van der Waals surface area contributed by atoms with Gasteiger partial charge >= 0.3 is 0 Å². The second-order valence-electron chi connectivity index (χ2n) is 5.78. The highest BCUT2D eigenvalue weighted by Gasteiger charge is 2.13. The predicted molar refractivity (Wildman–Crippen MR) is 98.8 cm³/mol. The van der Waals surface area contributed by atoms with Gasteiger partial charge in [-0.3, -0.25) is 4.79 Å². The third kappa shape index (κ3) is 5.39. The molecular weight excluding hydrogens is 334 g/mol. The summed E-state index contributed by atoms with van der Waals surface area (Å²) in [6, 6.07) is 12.8. The van der Waals surface area contributed by atoms with Gasteiger partial charge in [-0.25, -0.2) is 0 Å². The first-order valence-electron chi connectivity index (χ1n) is 8.37. The largest absolute Gasteiger partial charge is 0.497 e. The van der Waals surface area contributed by atoms with E-state index in [2.05, 4.69) is 5.32 Å². The Morgan fingerprint density at radius 2 is 1.69 bits per heavy atom. The maximum absolute atomic E-state index is 12.0. The lowest BCUT2D eigenvalue weighted by Gasteiger charge is -2.15. The van der Waals surface area contributed by atoms with Crippen LogP contribution in [0.1, 0.15) is 23.7 Å². The van der Waals surface area contributed by atoms with Crippen LogP contribution < -0.4 is 19.5 Å². The number of amides is 1. The van der Waals surface area contributed by atoms with E-state index in [1.54, 1.807) is 32.4 Å². The molecule has 6 heteroatoms. The number of methoxy groups -OCH3 is 3. The average molecular weight is 359 g/mol. The number of carbonyl (C=O) groups excluding carboxylic acids is 1. The molecule has 0 radical (unpaired) electrons. The molecule has 0 aromatic heterocycles. The lowest BCUT2D eigenvalue weighted by Crippen LogP contribution is -2.28. The number of aryl methyl sites for hydroxylation is 1. The normalized spacial score (nSPS) is 11.5. The number of aliphatic hydroxyl groups excluding tert-OH is 1. The zero-order valence-electron chi connectivity index (χ0n) is 15.3. The first-order valence-corrected chi connectivity index (χ1v) is 8.37. The van der Waals surface area contributed by atoms with Crippen LogP contribution >= 0.6 is 0 Å². The smallest absolute Gasteiger partial charge is 0.220 e. The van der Waals surface area contributed by atoms with E-state index in [-0.39, 0.29) is 12.5 Å². The summed E-state index contributed by atoms with van der Waals surface area (Å²) in [5.74, 6) is 1.80. The van der Waals surface area contributed by atoms with Crippen LogP contribution in [0.4, 0.5) is 0 Å². The van der Waals surface area contributed by atoms with Gasteiger partial charge in [-0.2, -0.15) is 0 Å². The zero-order valence-corrected chi connectivity index (χ0v) is 15.3. The average Bonchev–Trinajstić information content (AvgIpc) is 2.70. The maximum Gasteiger partial charge on any atom is 0.220 e. The molecule has 140 valence electrons. The molecule has 1 amide bonds. The lowest BCUT2D eigenvalue weighted by molar-refractivity contribution is -0.121. The molecule has 6 nitrogen and oxygen atoms in total. The molecular formula is C20H25NO5. The molecule has 1 unspecified atom stereocenters. The molecule has 2 aromatic carbocycles. The molecule has 2 rings (SSSR count). The molecule has 2 N–H and O–H groups in total. The van der Waals surface area contributed by atoms with E-state index < -0.39 is 6.10 Å². The minimum absolute atomic E-state index is 0.111. The van der Waals surface area contributed by atoms with Gasteiger partial charge in [0.05, 0.1) is 27.4 Å². The van der Waals surface area contributed by atoms with Crippen LogP contribution in [-0.4, -0.2) is 38.9 Å². The third-order valence-electron chi connectivity index (χ3n) is 4.08. The fourth-order valence-electron chi connectivity index (χ4n) is 2.53. The Hall–Kier alpha value is -2.73. The van der Waals surface area contributed by atoms with Crippen LogP contribution in [0, 0.1) is 0 Å². The topological polar surface area (TPSA) is 77.0 Å². The van der Waals surface area contributed by atoms with E-state index >= 15 is 0 Å². The van der Waals surface area contributed by atoms with Crippen molar-refractivity contribution >= 4 is 5.91 Å². The first-order chi connectivity index (χ1) is 12.6. The molecule has 0 aliphatic rings. The van der Waals surface area contributed by atoms with Gasteiger partial charge < -0.3 is 24.6 Å². The number of rotatable bonds is 9. The van der Waals surface area contributed by atoms with Crippen molar-refractivity contribution in [2.75, 3.05) is 27.9 Å². The Balaban J connectivity index is 1.82. The van der Waals surface area contributed by atoms with Crippen molar-refractivity contribution in [2.24, 2.45) is 0 Å². The van der Waals surface area contributed by atoms with Crippen molar-refractivity contribution in [1.29, 1.82) is 0 Å². The molecule has 2 aromatic rings. The highest BCUT2D eigenvalue weighted by Crippen LogP contribution is 2.29. The van der Waals surface area contributed by atoms with Gasteiger partial charge in [-0.15, -0.1) is 0 Å². The van der Waals surface area contributed by atoms with Gasteiger partial charge in [-0.1, -0.05) is 18.2 Å². The van der Waals surface area contributed by atoms with E-state index in [9.17, 15) is 9.90 Å². The second kappa shape index (κ2) is 9.68. The molecule has 0 saturated heterocycles. The van der Waals surface area contributed by atoms with Crippen molar-refractivity contribution in [3.63, 3.8) is 0 Å². The summed E-state index contributed by atoms with van der Waals surface area (Å²) in [5, 5.41) is 13.0. The van der Waals surface area contributed by atoms with Crippen molar-refractivity contribution in [3.8, 4) is 17.2 Å². The molecule has 1 atom stereocenters. The molecule has 0 saturated carbocycles. The van der Waals surface area contributed by atoms with Crippen molar-refractivity contribution < 1.29 is 24.1 Å². The Morgan fingerprint density at radius 3 is 2.31 bits per heavy atom. The molecule has 26 heavy (non-hydrogen) atoms. The molecule has 0 aliphatic carbocycles. The molecule has 0 fully saturated rings. The van der Waals surface area contributed by atoms with Crippen LogP contribution in [0.5, 0.6) is 17.2 Å². The minimum atomic E-state index is -0.820. The molecule has 0 spiro atoms. The fourth-order valence-corrected chi connectivity index (χ4v) is 2.53. The van der Waals surface area contributed by atoms with Gasteiger partial charge in [-0.05, 0) is 41.8 Å². The number of carbonyl (C=O) groups is 1. The second-order valence-corrected chi connectivity index (χ2v) is 5.78. The Morgan fingerprint density at radius 1 is 1.00 bits per heavy atom. The van der Waals surface area contributed by atoms with Crippen LogP contribution in [0.2, 0.25) is 0 Å². The number of hydrogen-bond donors (Lipinski definition) is 2. The first kappa shape index (κ1) is 19.6. The zero-order chi connectivity index (χ0) is 18.9. The van der Waals surface area contributed by atoms with Crippen LogP contribution in [0.3, 0.4) is 0 Å². The van der Waals surface area contributed by atoms with E-state index in [4.69, 9.17) is 14.2 Å². The predicted octanol–water partition coefficient (Wildman–Crippen LogP) is 2.49. The van der Waals surface area contributed by atoms with Gasteiger partial charge in [0.15, 0.2) is 11.5 Å². The Labute approximate surface area is 153 Å². The highest BCUT2D eigenvalue weighted by atomic mass is 16.5. The van der Waals surface area contributed by atoms with Crippen molar-refractivity contribution in [1.82, 2.24) is 5.32 Å². The van der Waals surface area contributed by atoms with Crippen LogP contribution in [-0.2, 0) is 11.2 Å². The van der Waals surface area contributed by atoms with E-state index in [0.717, 1.165) is 11.3 Å². The summed E-state index contributed by atoms with van der Waals surface area (Å²) in [7, 11) is 4.71. The maximum atomic E-state index is 12.0. The van der Waals surface area contributed by atoms with E-state index in [1.165, 1.54) is 7.11 Å². The van der Waals surface area contributed by atoms with Crippen molar-refractivity contribution in [2.45, 2.75) is 18.9 Å². The number of hydrogen-bond acceptors (Lipinski definition) is 5. The summed E-state index contributed by atoms with van der Waals surface area (Å²) in [6.45, 7) is 0.136. The van der Waals surface area contributed by atoms with E-state index in [0.29, 0.717) is 29.9 Å². The molecule has 0 aliphatic heterocycles. The fraction of sp³-hybridized carbons (Fsp3) is 0.350. The van der Waals surface area contributed by atoms with Gasteiger partial charge in [0.25, 0.3) is 0 Å². The van der Waals surface area contributed by atoms with Crippen LogP contribution in [0.15, 0.2) is 42.5 Å². The Kier molecular flexibility index (Phi) is 7.29. The minimum Gasteiger partial charge on any atom is -0.497 e. The number of ether oxygens (including phenoxy) is 3. The van der Waals surface area contributed by atoms with Crippen LogP contribution in [0.25, 0.3) is 0 Å². The van der Waals surface area contributed by atoms with Crippen molar-refractivity contribution in [3.05, 3.63) is 53.6 Å². The standard InChI is InChI=1S/C20H25NO5/c1-24-16-8-4-14(5-9-16)6-11-20(23)21-13-17(22)15-7-10-18(25-2)19(12-15)26-3/h4-5,7-10,12,17,22H,6,11,13H2,1-3H3,(H,21,23). The van der Waals surface area contributed by atoms with Gasteiger partial charge in [0, 0.05) is 13.0 Å². The summed E-state index contributed by atoms with van der Waals surface area (Å²) in [4.78, 5) is 12.0. The number of aliphatic hydroxyl groups is 1. The monoisotopic (exact) mass is 359 g/mol. The van der Waals surface area contributed by atoms with Gasteiger partial charge in [0.2, 0.25) is 5.91 Å². The quantitative estimate of drug-likeness (QED) is 0.719. The summed E-state index contributed by atoms with van der Waals surface area (Å²) in [6.07, 6.45) is 0.160. The summed E-state index contributed by atoms with van der Waals surface area (Å²) >= 11 is 0. The number of nitrogens with one attached hydrogen (secondary N) is 1. The SMILES string of the molecule is COc1ccc(CCC(=O)NCC(O)c2ccc(OC)c(OC)c2)cc1.